The third-order valence-corrected chi connectivity index (χ3v) is 4.18. The minimum atomic E-state index is -0.403. The van der Waals surface area contributed by atoms with E-state index >= 15 is 0 Å². The van der Waals surface area contributed by atoms with Gasteiger partial charge in [-0.05, 0) is 18.2 Å². The molecule has 0 aliphatic carbocycles. The monoisotopic (exact) mass is 361 g/mol. The van der Waals surface area contributed by atoms with E-state index in [1.165, 1.54) is 12.1 Å². The van der Waals surface area contributed by atoms with Crippen LogP contribution < -0.4 is 0 Å². The number of hydrogen-bond acceptors (Lipinski definition) is 3. The van der Waals surface area contributed by atoms with Crippen LogP contribution in [0.4, 0.5) is 4.39 Å². The zero-order valence-electron chi connectivity index (χ0n) is 13.6. The summed E-state index contributed by atoms with van der Waals surface area (Å²) in [5, 5.41) is 0.259. The van der Waals surface area contributed by atoms with Gasteiger partial charge in [-0.3, -0.25) is 0 Å². The van der Waals surface area contributed by atoms with E-state index < -0.39 is 5.82 Å². The van der Waals surface area contributed by atoms with Crippen LogP contribution in [0.1, 0.15) is 0 Å². The molecule has 0 aliphatic heterocycles. The standard InChI is InChI=1S/C21H13ClFN3/c22-18-13-16(23)11-12-17(18)21-25-19(14-7-3-1-4-8-14)24-20(26-21)15-9-5-2-6-10-15/h1-13H. The third-order valence-electron chi connectivity index (χ3n) is 3.87. The van der Waals surface area contributed by atoms with Crippen LogP contribution >= 0.6 is 11.6 Å². The second-order valence-corrected chi connectivity index (χ2v) is 6.07. The average Bonchev–Trinajstić information content (AvgIpc) is 2.69. The minimum Gasteiger partial charge on any atom is -0.208 e. The Kier molecular flexibility index (Phi) is 4.42. The van der Waals surface area contributed by atoms with Crippen LogP contribution in [0.15, 0.2) is 78.9 Å². The Morgan fingerprint density at radius 3 is 1.62 bits per heavy atom. The minimum absolute atomic E-state index is 0.259. The van der Waals surface area contributed by atoms with Gasteiger partial charge in [-0.15, -0.1) is 0 Å². The first-order chi connectivity index (χ1) is 12.7. The molecule has 0 N–H and O–H groups in total. The van der Waals surface area contributed by atoms with E-state index in [9.17, 15) is 4.39 Å². The van der Waals surface area contributed by atoms with Crippen LogP contribution in [0.2, 0.25) is 5.02 Å². The van der Waals surface area contributed by atoms with E-state index in [2.05, 4.69) is 15.0 Å². The molecule has 0 bridgehead atoms. The molecular formula is C21H13ClFN3. The molecule has 4 rings (SSSR count). The van der Waals surface area contributed by atoms with Crippen LogP contribution in [-0.4, -0.2) is 15.0 Å². The van der Waals surface area contributed by atoms with Gasteiger partial charge in [-0.25, -0.2) is 19.3 Å². The summed E-state index contributed by atoms with van der Waals surface area (Å²) in [6.45, 7) is 0. The highest BCUT2D eigenvalue weighted by molar-refractivity contribution is 6.33. The smallest absolute Gasteiger partial charge is 0.165 e. The Bertz CT molecular complexity index is 996. The fourth-order valence-electron chi connectivity index (χ4n) is 2.60. The zero-order chi connectivity index (χ0) is 17.9. The van der Waals surface area contributed by atoms with E-state index in [1.54, 1.807) is 6.07 Å². The molecule has 0 saturated carbocycles. The predicted molar refractivity (Wildman–Crippen MR) is 101 cm³/mol. The zero-order valence-corrected chi connectivity index (χ0v) is 14.4. The van der Waals surface area contributed by atoms with E-state index in [1.807, 2.05) is 60.7 Å². The van der Waals surface area contributed by atoms with Gasteiger partial charge in [0.25, 0.3) is 0 Å². The number of nitrogens with zero attached hydrogens (tertiary/aromatic N) is 3. The van der Waals surface area contributed by atoms with Gasteiger partial charge in [0.15, 0.2) is 17.5 Å². The molecule has 1 heterocycles. The van der Waals surface area contributed by atoms with Crippen molar-refractivity contribution in [1.29, 1.82) is 0 Å². The van der Waals surface area contributed by atoms with Crippen LogP contribution in [0.3, 0.4) is 0 Å². The highest BCUT2D eigenvalue weighted by Crippen LogP contribution is 2.29. The number of benzene rings is 3. The maximum Gasteiger partial charge on any atom is 0.165 e. The highest BCUT2D eigenvalue weighted by Gasteiger charge is 2.14. The number of halogens is 2. The van der Waals surface area contributed by atoms with Gasteiger partial charge in [-0.2, -0.15) is 0 Å². The first-order valence-electron chi connectivity index (χ1n) is 8.03. The van der Waals surface area contributed by atoms with Crippen molar-refractivity contribution in [2.45, 2.75) is 0 Å². The van der Waals surface area contributed by atoms with Crippen LogP contribution in [-0.2, 0) is 0 Å². The molecule has 0 unspecified atom stereocenters. The molecule has 3 nitrogen and oxygen atoms in total. The van der Waals surface area contributed by atoms with Crippen LogP contribution in [0.5, 0.6) is 0 Å². The van der Waals surface area contributed by atoms with Crippen molar-refractivity contribution in [3.63, 3.8) is 0 Å². The largest absolute Gasteiger partial charge is 0.208 e. The van der Waals surface area contributed by atoms with Gasteiger partial charge in [0, 0.05) is 16.7 Å². The molecule has 4 aromatic rings. The third kappa shape index (κ3) is 3.32. The van der Waals surface area contributed by atoms with Crippen LogP contribution in [0.25, 0.3) is 34.2 Å². The topological polar surface area (TPSA) is 38.7 Å². The molecule has 26 heavy (non-hydrogen) atoms. The fraction of sp³-hybridized carbons (Fsp3) is 0. The van der Waals surface area contributed by atoms with Gasteiger partial charge in [0.1, 0.15) is 5.82 Å². The van der Waals surface area contributed by atoms with E-state index in [0.717, 1.165) is 11.1 Å². The molecule has 0 fully saturated rings. The molecule has 0 aliphatic rings. The lowest BCUT2D eigenvalue weighted by molar-refractivity contribution is 0.628. The Labute approximate surface area is 155 Å². The molecular weight excluding hydrogens is 349 g/mol. The molecule has 0 spiro atoms. The molecule has 0 atom stereocenters. The summed E-state index contributed by atoms with van der Waals surface area (Å²) >= 11 is 6.22. The molecule has 0 saturated heterocycles. The second kappa shape index (κ2) is 7.02. The first kappa shape index (κ1) is 16.4. The summed E-state index contributed by atoms with van der Waals surface area (Å²) in [7, 11) is 0. The summed E-state index contributed by atoms with van der Waals surface area (Å²) in [6, 6.07) is 23.5. The van der Waals surface area contributed by atoms with E-state index in [4.69, 9.17) is 11.6 Å². The number of hydrogen-bond donors (Lipinski definition) is 0. The van der Waals surface area contributed by atoms with Crippen molar-refractivity contribution in [3.05, 3.63) is 89.7 Å². The van der Waals surface area contributed by atoms with Gasteiger partial charge >= 0.3 is 0 Å². The summed E-state index contributed by atoms with van der Waals surface area (Å²) < 4.78 is 13.4. The van der Waals surface area contributed by atoms with Gasteiger partial charge in [0.05, 0.1) is 5.02 Å². The lowest BCUT2D eigenvalue weighted by Gasteiger charge is -2.09. The summed E-state index contributed by atoms with van der Waals surface area (Å²) in [4.78, 5) is 13.7. The maximum atomic E-state index is 13.4. The fourth-order valence-corrected chi connectivity index (χ4v) is 2.85. The predicted octanol–water partition coefficient (Wildman–Crippen LogP) is 5.67. The normalized spacial score (nSPS) is 10.7. The quantitative estimate of drug-likeness (QED) is 0.472. The van der Waals surface area contributed by atoms with Crippen molar-refractivity contribution < 1.29 is 4.39 Å². The van der Waals surface area contributed by atoms with Gasteiger partial charge in [0.2, 0.25) is 0 Å². The molecule has 0 radical (unpaired) electrons. The Morgan fingerprint density at radius 1 is 0.615 bits per heavy atom. The van der Waals surface area contributed by atoms with Crippen molar-refractivity contribution in [3.8, 4) is 34.2 Å². The molecule has 1 aromatic heterocycles. The van der Waals surface area contributed by atoms with Crippen LogP contribution in [0, 0.1) is 5.82 Å². The van der Waals surface area contributed by atoms with Crippen molar-refractivity contribution in [2.24, 2.45) is 0 Å². The number of aromatic nitrogens is 3. The van der Waals surface area contributed by atoms with E-state index in [-0.39, 0.29) is 5.02 Å². The lowest BCUT2D eigenvalue weighted by Crippen LogP contribution is -2.00. The Balaban J connectivity index is 1.94. The Hall–Kier alpha value is -3.11. The molecule has 0 amide bonds. The van der Waals surface area contributed by atoms with Crippen molar-refractivity contribution in [2.75, 3.05) is 0 Å². The SMILES string of the molecule is Fc1ccc(-c2nc(-c3ccccc3)nc(-c3ccccc3)n2)c(Cl)c1. The highest BCUT2D eigenvalue weighted by atomic mass is 35.5. The first-order valence-corrected chi connectivity index (χ1v) is 8.41. The lowest BCUT2D eigenvalue weighted by atomic mass is 10.1. The Morgan fingerprint density at radius 2 is 1.12 bits per heavy atom. The summed E-state index contributed by atoms with van der Waals surface area (Å²) in [5.74, 6) is 1.08. The second-order valence-electron chi connectivity index (χ2n) is 5.66. The molecule has 126 valence electrons. The molecule has 5 heteroatoms. The number of rotatable bonds is 3. The van der Waals surface area contributed by atoms with Gasteiger partial charge < -0.3 is 0 Å². The van der Waals surface area contributed by atoms with Crippen molar-refractivity contribution >= 4 is 11.6 Å². The molecule has 3 aromatic carbocycles. The van der Waals surface area contributed by atoms with E-state index in [0.29, 0.717) is 23.0 Å². The summed E-state index contributed by atoms with van der Waals surface area (Å²) in [5.41, 5.74) is 2.29. The van der Waals surface area contributed by atoms with Gasteiger partial charge in [-0.1, -0.05) is 72.3 Å². The summed E-state index contributed by atoms with van der Waals surface area (Å²) in [6.07, 6.45) is 0. The van der Waals surface area contributed by atoms with Crippen molar-refractivity contribution in [1.82, 2.24) is 15.0 Å². The average molecular weight is 362 g/mol. The maximum absolute atomic E-state index is 13.4.